The average molecular weight is 387 g/mol. The SMILES string of the molecule is C[C@H](NC(=O)N(Cc1ccncc1)C[C@@H]1CCC(=O)N1)c1ccc(Cl)cc1. The van der Waals surface area contributed by atoms with Gasteiger partial charge in [-0.25, -0.2) is 4.79 Å². The van der Waals surface area contributed by atoms with Crippen molar-refractivity contribution in [2.24, 2.45) is 0 Å². The number of hydrogen-bond donors (Lipinski definition) is 2. The van der Waals surface area contributed by atoms with E-state index in [2.05, 4.69) is 15.6 Å². The first-order chi connectivity index (χ1) is 13.0. The van der Waals surface area contributed by atoms with Crippen LogP contribution in [0.15, 0.2) is 48.8 Å². The van der Waals surface area contributed by atoms with Gasteiger partial charge in [0.25, 0.3) is 0 Å². The number of benzene rings is 1. The molecule has 0 saturated carbocycles. The van der Waals surface area contributed by atoms with Gasteiger partial charge in [0.05, 0.1) is 6.04 Å². The summed E-state index contributed by atoms with van der Waals surface area (Å²) in [5.74, 6) is 0.0406. The van der Waals surface area contributed by atoms with Gasteiger partial charge in [-0.2, -0.15) is 0 Å². The number of urea groups is 1. The normalized spacial score (nSPS) is 17.3. The van der Waals surface area contributed by atoms with Gasteiger partial charge in [0, 0.05) is 43.0 Å². The third-order valence-electron chi connectivity index (χ3n) is 4.65. The van der Waals surface area contributed by atoms with Gasteiger partial charge in [0.2, 0.25) is 5.91 Å². The summed E-state index contributed by atoms with van der Waals surface area (Å²) >= 11 is 5.93. The number of amides is 3. The van der Waals surface area contributed by atoms with Crippen molar-refractivity contribution in [3.8, 4) is 0 Å². The molecule has 2 heterocycles. The molecule has 2 atom stereocenters. The molecule has 0 unspecified atom stereocenters. The Hall–Kier alpha value is -2.60. The molecule has 6 nitrogen and oxygen atoms in total. The third-order valence-corrected chi connectivity index (χ3v) is 4.90. The van der Waals surface area contributed by atoms with Crippen LogP contribution in [0.4, 0.5) is 4.79 Å². The van der Waals surface area contributed by atoms with Crippen LogP contribution in [-0.2, 0) is 11.3 Å². The summed E-state index contributed by atoms with van der Waals surface area (Å²) in [6, 6.07) is 10.8. The minimum absolute atomic E-state index is 0.0177. The highest BCUT2D eigenvalue weighted by molar-refractivity contribution is 6.30. The standard InChI is InChI=1S/C20H23ClN4O2/c1-14(16-2-4-17(21)5-3-16)23-20(27)25(12-15-8-10-22-11-9-15)13-18-6-7-19(26)24-18/h2-5,8-11,14,18H,6-7,12-13H2,1H3,(H,23,27)(H,24,26)/t14-,18-/m0/s1. The largest absolute Gasteiger partial charge is 0.352 e. The van der Waals surface area contributed by atoms with Crippen molar-refractivity contribution >= 4 is 23.5 Å². The van der Waals surface area contributed by atoms with E-state index >= 15 is 0 Å². The van der Waals surface area contributed by atoms with E-state index in [-0.39, 0.29) is 24.0 Å². The maximum Gasteiger partial charge on any atom is 0.318 e. The molecule has 2 N–H and O–H groups in total. The van der Waals surface area contributed by atoms with Crippen LogP contribution < -0.4 is 10.6 Å². The zero-order chi connectivity index (χ0) is 19.2. The Morgan fingerprint density at radius 1 is 1.30 bits per heavy atom. The number of carbonyl (C=O) groups excluding carboxylic acids is 2. The van der Waals surface area contributed by atoms with Crippen LogP contribution >= 0.6 is 11.6 Å². The van der Waals surface area contributed by atoms with Crippen LogP contribution in [0.25, 0.3) is 0 Å². The fraction of sp³-hybridized carbons (Fsp3) is 0.350. The minimum Gasteiger partial charge on any atom is -0.352 e. The number of halogens is 1. The summed E-state index contributed by atoms with van der Waals surface area (Å²) in [6.07, 6.45) is 4.67. The summed E-state index contributed by atoms with van der Waals surface area (Å²) in [4.78, 5) is 30.2. The van der Waals surface area contributed by atoms with Crippen molar-refractivity contribution in [1.82, 2.24) is 20.5 Å². The monoisotopic (exact) mass is 386 g/mol. The number of pyridine rings is 1. The second kappa shape index (κ2) is 8.86. The van der Waals surface area contributed by atoms with Crippen LogP contribution in [0, 0.1) is 0 Å². The quantitative estimate of drug-likeness (QED) is 0.800. The molecule has 1 fully saturated rings. The Balaban J connectivity index is 1.69. The molecule has 1 saturated heterocycles. The molecule has 3 amide bonds. The fourth-order valence-corrected chi connectivity index (χ4v) is 3.25. The number of rotatable bonds is 6. The van der Waals surface area contributed by atoms with Crippen LogP contribution in [0.5, 0.6) is 0 Å². The van der Waals surface area contributed by atoms with Gasteiger partial charge in [0.1, 0.15) is 0 Å². The van der Waals surface area contributed by atoms with Crippen LogP contribution in [0.3, 0.4) is 0 Å². The van der Waals surface area contributed by atoms with Gasteiger partial charge in [-0.15, -0.1) is 0 Å². The average Bonchev–Trinajstić information content (AvgIpc) is 3.07. The highest BCUT2D eigenvalue weighted by Crippen LogP contribution is 2.17. The molecule has 2 aromatic rings. The summed E-state index contributed by atoms with van der Waals surface area (Å²) in [5.41, 5.74) is 1.97. The van der Waals surface area contributed by atoms with Crippen molar-refractivity contribution in [1.29, 1.82) is 0 Å². The molecule has 3 rings (SSSR count). The fourth-order valence-electron chi connectivity index (χ4n) is 3.12. The first kappa shape index (κ1) is 19.2. The topological polar surface area (TPSA) is 74.3 Å². The van der Waals surface area contributed by atoms with Gasteiger partial charge >= 0.3 is 6.03 Å². The first-order valence-electron chi connectivity index (χ1n) is 9.00. The highest BCUT2D eigenvalue weighted by Gasteiger charge is 2.26. The number of nitrogens with zero attached hydrogens (tertiary/aromatic N) is 2. The third kappa shape index (κ3) is 5.44. The maximum absolute atomic E-state index is 12.9. The van der Waals surface area contributed by atoms with Crippen LogP contribution in [-0.4, -0.2) is 34.4 Å². The molecular weight excluding hydrogens is 364 g/mol. The Bertz CT molecular complexity index is 782. The molecule has 1 aliphatic heterocycles. The minimum atomic E-state index is -0.171. The van der Waals surface area contributed by atoms with Gasteiger partial charge in [0.15, 0.2) is 0 Å². The molecule has 27 heavy (non-hydrogen) atoms. The molecule has 1 aromatic heterocycles. The molecule has 0 radical (unpaired) electrons. The number of carbonyl (C=O) groups is 2. The molecule has 0 bridgehead atoms. The van der Waals surface area contributed by atoms with E-state index < -0.39 is 0 Å². The molecule has 1 aromatic carbocycles. The summed E-state index contributed by atoms with van der Waals surface area (Å²) in [7, 11) is 0. The number of hydrogen-bond acceptors (Lipinski definition) is 3. The van der Waals surface area contributed by atoms with E-state index in [1.54, 1.807) is 17.3 Å². The van der Waals surface area contributed by atoms with Gasteiger partial charge in [-0.05, 0) is 48.7 Å². The van der Waals surface area contributed by atoms with Crippen molar-refractivity contribution in [2.45, 2.75) is 38.4 Å². The smallest absolute Gasteiger partial charge is 0.318 e. The Kier molecular flexibility index (Phi) is 6.29. The molecular formula is C20H23ClN4O2. The van der Waals surface area contributed by atoms with E-state index in [1.807, 2.05) is 43.3 Å². The molecule has 142 valence electrons. The van der Waals surface area contributed by atoms with Gasteiger partial charge < -0.3 is 15.5 Å². The zero-order valence-electron chi connectivity index (χ0n) is 15.2. The number of nitrogens with one attached hydrogen (secondary N) is 2. The zero-order valence-corrected chi connectivity index (χ0v) is 15.9. The van der Waals surface area contributed by atoms with Crippen molar-refractivity contribution in [2.75, 3.05) is 6.54 Å². The maximum atomic E-state index is 12.9. The Morgan fingerprint density at radius 3 is 2.63 bits per heavy atom. The summed E-state index contributed by atoms with van der Waals surface area (Å²) < 4.78 is 0. The van der Waals surface area contributed by atoms with E-state index in [9.17, 15) is 9.59 Å². The molecule has 7 heteroatoms. The lowest BCUT2D eigenvalue weighted by Gasteiger charge is -2.28. The van der Waals surface area contributed by atoms with Crippen molar-refractivity contribution < 1.29 is 9.59 Å². The lowest BCUT2D eigenvalue weighted by atomic mass is 10.1. The van der Waals surface area contributed by atoms with Gasteiger partial charge in [-0.1, -0.05) is 23.7 Å². The Morgan fingerprint density at radius 2 is 2.00 bits per heavy atom. The first-order valence-corrected chi connectivity index (χ1v) is 9.38. The Labute approximate surface area is 163 Å². The summed E-state index contributed by atoms with van der Waals surface area (Å²) in [6.45, 7) is 2.85. The van der Waals surface area contributed by atoms with Crippen molar-refractivity contribution in [3.05, 3.63) is 64.9 Å². The van der Waals surface area contributed by atoms with Crippen molar-refractivity contribution in [3.63, 3.8) is 0 Å². The highest BCUT2D eigenvalue weighted by atomic mass is 35.5. The second-order valence-electron chi connectivity index (χ2n) is 6.76. The molecule has 0 aliphatic carbocycles. The molecule has 1 aliphatic rings. The lowest BCUT2D eigenvalue weighted by Crippen LogP contribution is -2.46. The second-order valence-corrected chi connectivity index (χ2v) is 7.20. The van der Waals surface area contributed by atoms with E-state index in [0.29, 0.717) is 24.5 Å². The summed E-state index contributed by atoms with van der Waals surface area (Å²) in [5, 5.41) is 6.63. The van der Waals surface area contributed by atoms with E-state index in [4.69, 9.17) is 11.6 Å². The predicted molar refractivity (Wildman–Crippen MR) is 104 cm³/mol. The van der Waals surface area contributed by atoms with Gasteiger partial charge in [-0.3, -0.25) is 9.78 Å². The van der Waals surface area contributed by atoms with E-state index in [1.165, 1.54) is 0 Å². The van der Waals surface area contributed by atoms with Crippen LogP contribution in [0.1, 0.15) is 36.9 Å². The molecule has 0 spiro atoms. The number of aromatic nitrogens is 1. The predicted octanol–water partition coefficient (Wildman–Crippen LogP) is 3.29. The lowest BCUT2D eigenvalue weighted by molar-refractivity contribution is -0.119. The van der Waals surface area contributed by atoms with E-state index in [0.717, 1.165) is 17.5 Å². The van der Waals surface area contributed by atoms with Crippen LogP contribution in [0.2, 0.25) is 5.02 Å².